The molecule has 0 atom stereocenters. The quantitative estimate of drug-likeness (QED) is 0.301. The molecule has 0 saturated heterocycles. The van der Waals surface area contributed by atoms with Gasteiger partial charge in [0, 0.05) is 12.7 Å². The van der Waals surface area contributed by atoms with Crippen LogP contribution in [-0.2, 0) is 9.53 Å². The van der Waals surface area contributed by atoms with Gasteiger partial charge in [0.2, 0.25) is 0 Å². The van der Waals surface area contributed by atoms with Crippen LogP contribution in [0.1, 0.15) is 51.4 Å². The van der Waals surface area contributed by atoms with Gasteiger partial charge in [-0.25, -0.2) is 4.79 Å². The molecule has 19 heavy (non-hydrogen) atoms. The third-order valence-electron chi connectivity index (χ3n) is 2.79. The first-order valence-electron chi connectivity index (χ1n) is 7.29. The highest BCUT2D eigenvalue weighted by Crippen LogP contribution is 2.11. The zero-order valence-electron chi connectivity index (χ0n) is 11.9. The smallest absolute Gasteiger partial charge is 0.330 e. The molecule has 112 valence electrons. The number of thioether (sulfide) groups is 1. The number of carbonyl (C=O) groups is 1. The molecule has 0 aromatic rings. The number of ether oxygens (including phenoxy) is 1. The molecule has 4 heteroatoms. The first kappa shape index (κ1) is 18.5. The Labute approximate surface area is 121 Å². The second-order valence-electron chi connectivity index (χ2n) is 4.54. The van der Waals surface area contributed by atoms with Crippen molar-refractivity contribution >= 4 is 17.7 Å². The number of esters is 1. The minimum Gasteiger partial charge on any atom is -0.463 e. The highest BCUT2D eigenvalue weighted by atomic mass is 32.2. The molecule has 0 aromatic carbocycles. The van der Waals surface area contributed by atoms with Gasteiger partial charge in [-0.3, -0.25) is 0 Å². The minimum atomic E-state index is -0.322. The largest absolute Gasteiger partial charge is 0.463 e. The molecule has 0 spiro atoms. The van der Waals surface area contributed by atoms with Gasteiger partial charge < -0.3 is 9.84 Å². The second kappa shape index (κ2) is 15.6. The Kier molecular flexibility index (Phi) is 15.2. The molecule has 0 fully saturated rings. The predicted molar refractivity (Wildman–Crippen MR) is 82.5 cm³/mol. The highest BCUT2D eigenvalue weighted by molar-refractivity contribution is 7.99. The Morgan fingerprint density at radius 3 is 2.16 bits per heavy atom. The number of unbranched alkanes of at least 4 members (excludes halogenated alkanes) is 6. The number of aliphatic hydroxyl groups is 1. The maximum atomic E-state index is 10.8. The zero-order chi connectivity index (χ0) is 14.2. The van der Waals surface area contributed by atoms with Crippen LogP contribution in [0.25, 0.3) is 0 Å². The van der Waals surface area contributed by atoms with Crippen molar-refractivity contribution in [1.29, 1.82) is 0 Å². The Morgan fingerprint density at radius 2 is 1.58 bits per heavy atom. The first-order chi connectivity index (χ1) is 9.31. The lowest BCUT2D eigenvalue weighted by Gasteiger charge is -2.03. The third kappa shape index (κ3) is 15.5. The predicted octanol–water partition coefficient (Wildman–Crippen LogP) is 3.56. The summed E-state index contributed by atoms with van der Waals surface area (Å²) >= 11 is 2.02. The van der Waals surface area contributed by atoms with E-state index in [0.29, 0.717) is 13.2 Å². The fourth-order valence-electron chi connectivity index (χ4n) is 1.66. The van der Waals surface area contributed by atoms with Crippen molar-refractivity contribution in [2.45, 2.75) is 51.4 Å². The van der Waals surface area contributed by atoms with Gasteiger partial charge in [-0.15, -0.1) is 0 Å². The van der Waals surface area contributed by atoms with Gasteiger partial charge in [0.25, 0.3) is 0 Å². The fraction of sp³-hybridized carbons (Fsp3) is 0.800. The molecule has 0 amide bonds. The average molecular weight is 288 g/mol. The summed E-state index contributed by atoms with van der Waals surface area (Å²) in [6.45, 7) is 4.20. The number of rotatable bonds is 14. The van der Waals surface area contributed by atoms with Crippen molar-refractivity contribution in [2.24, 2.45) is 0 Å². The summed E-state index contributed by atoms with van der Waals surface area (Å²) in [5.74, 6) is 2.14. The van der Waals surface area contributed by atoms with Crippen LogP contribution in [0.3, 0.4) is 0 Å². The summed E-state index contributed by atoms with van der Waals surface area (Å²) < 4.78 is 4.90. The van der Waals surface area contributed by atoms with Crippen LogP contribution in [0.4, 0.5) is 0 Å². The van der Waals surface area contributed by atoms with Crippen molar-refractivity contribution in [1.82, 2.24) is 0 Å². The van der Waals surface area contributed by atoms with E-state index in [-0.39, 0.29) is 5.97 Å². The summed E-state index contributed by atoms with van der Waals surface area (Å²) in [7, 11) is 0. The molecule has 0 rings (SSSR count). The standard InChI is InChI=1S/C15H28O3S/c1-2-15(17)18-12-8-4-6-10-14-19-13-9-5-3-7-11-16/h2,16H,1,3-14H2. The molecule has 0 aliphatic rings. The molecular weight excluding hydrogens is 260 g/mol. The lowest BCUT2D eigenvalue weighted by Crippen LogP contribution is -2.01. The van der Waals surface area contributed by atoms with Gasteiger partial charge in [-0.2, -0.15) is 11.8 Å². The third-order valence-corrected chi connectivity index (χ3v) is 3.95. The molecule has 0 heterocycles. The molecule has 1 N–H and O–H groups in total. The van der Waals surface area contributed by atoms with Gasteiger partial charge in [0.1, 0.15) is 0 Å². The van der Waals surface area contributed by atoms with Gasteiger partial charge in [0.15, 0.2) is 0 Å². The summed E-state index contributed by atoms with van der Waals surface area (Å²) in [6.07, 6.45) is 10.3. The lowest BCUT2D eigenvalue weighted by atomic mass is 10.2. The molecule has 0 saturated carbocycles. The van der Waals surface area contributed by atoms with E-state index in [1.807, 2.05) is 11.8 Å². The van der Waals surface area contributed by atoms with Crippen molar-refractivity contribution in [3.05, 3.63) is 12.7 Å². The van der Waals surface area contributed by atoms with E-state index in [1.165, 1.54) is 43.3 Å². The van der Waals surface area contributed by atoms with Crippen LogP contribution in [0.5, 0.6) is 0 Å². The van der Waals surface area contributed by atoms with E-state index in [4.69, 9.17) is 9.84 Å². The molecule has 0 unspecified atom stereocenters. The van der Waals surface area contributed by atoms with Crippen molar-refractivity contribution in [2.75, 3.05) is 24.7 Å². The molecule has 0 bridgehead atoms. The Morgan fingerprint density at radius 1 is 1.00 bits per heavy atom. The van der Waals surface area contributed by atoms with E-state index < -0.39 is 0 Å². The number of carbonyl (C=O) groups excluding carboxylic acids is 1. The maximum Gasteiger partial charge on any atom is 0.330 e. The molecular formula is C15H28O3S. The molecule has 0 aliphatic carbocycles. The first-order valence-corrected chi connectivity index (χ1v) is 8.44. The molecule has 0 aromatic heterocycles. The monoisotopic (exact) mass is 288 g/mol. The topological polar surface area (TPSA) is 46.5 Å². The van der Waals surface area contributed by atoms with E-state index in [0.717, 1.165) is 25.7 Å². The van der Waals surface area contributed by atoms with E-state index in [1.54, 1.807) is 0 Å². The van der Waals surface area contributed by atoms with Crippen molar-refractivity contribution < 1.29 is 14.6 Å². The van der Waals surface area contributed by atoms with Gasteiger partial charge in [-0.05, 0) is 37.2 Å². The van der Waals surface area contributed by atoms with Crippen LogP contribution in [-0.4, -0.2) is 35.8 Å². The molecule has 3 nitrogen and oxygen atoms in total. The SMILES string of the molecule is C=CC(=O)OCCCCCCSCCCCCCO. The van der Waals surface area contributed by atoms with Gasteiger partial charge in [-0.1, -0.05) is 32.3 Å². The summed E-state index contributed by atoms with van der Waals surface area (Å²) in [5, 5.41) is 8.63. The van der Waals surface area contributed by atoms with Crippen LogP contribution in [0, 0.1) is 0 Å². The van der Waals surface area contributed by atoms with E-state index >= 15 is 0 Å². The maximum absolute atomic E-state index is 10.8. The second-order valence-corrected chi connectivity index (χ2v) is 5.76. The molecule has 0 radical (unpaired) electrons. The lowest BCUT2D eigenvalue weighted by molar-refractivity contribution is -0.137. The van der Waals surface area contributed by atoms with E-state index in [9.17, 15) is 4.79 Å². The fourth-order valence-corrected chi connectivity index (χ4v) is 2.68. The number of hydrogen-bond acceptors (Lipinski definition) is 4. The Balaban J connectivity index is 2.99. The van der Waals surface area contributed by atoms with Gasteiger partial charge >= 0.3 is 5.97 Å². The van der Waals surface area contributed by atoms with Crippen LogP contribution in [0.15, 0.2) is 12.7 Å². The summed E-state index contributed by atoms with van der Waals surface area (Å²) in [4.78, 5) is 10.8. The van der Waals surface area contributed by atoms with Crippen LogP contribution in [0.2, 0.25) is 0 Å². The van der Waals surface area contributed by atoms with Crippen molar-refractivity contribution in [3.8, 4) is 0 Å². The Bertz CT molecular complexity index is 219. The number of aliphatic hydroxyl groups excluding tert-OH is 1. The summed E-state index contributed by atoms with van der Waals surface area (Å²) in [5.41, 5.74) is 0. The summed E-state index contributed by atoms with van der Waals surface area (Å²) in [6, 6.07) is 0. The molecule has 0 aliphatic heterocycles. The highest BCUT2D eigenvalue weighted by Gasteiger charge is 1.96. The van der Waals surface area contributed by atoms with Crippen molar-refractivity contribution in [3.63, 3.8) is 0 Å². The number of hydrogen-bond donors (Lipinski definition) is 1. The zero-order valence-corrected chi connectivity index (χ0v) is 12.8. The van der Waals surface area contributed by atoms with Crippen LogP contribution >= 0.6 is 11.8 Å². The Hall–Kier alpha value is -0.480. The van der Waals surface area contributed by atoms with E-state index in [2.05, 4.69) is 6.58 Å². The average Bonchev–Trinajstić information content (AvgIpc) is 2.43. The normalized spacial score (nSPS) is 10.4. The minimum absolute atomic E-state index is 0.322. The van der Waals surface area contributed by atoms with Gasteiger partial charge in [0.05, 0.1) is 6.61 Å². The van der Waals surface area contributed by atoms with Crippen LogP contribution < -0.4 is 0 Å².